The Morgan fingerprint density at radius 3 is 1.62 bits per heavy atom. The van der Waals surface area contributed by atoms with Gasteiger partial charge in [0, 0.05) is 12.2 Å². The predicted molar refractivity (Wildman–Crippen MR) is 106 cm³/mol. The van der Waals surface area contributed by atoms with Crippen molar-refractivity contribution >= 4 is 26.8 Å². The Bertz CT molecular complexity index is 372. The zero-order valence-corrected chi connectivity index (χ0v) is 17.8. The summed E-state index contributed by atoms with van der Waals surface area (Å²) in [5.74, 6) is 3.74. The predicted octanol–water partition coefficient (Wildman–Crippen LogP) is 4.30. The van der Waals surface area contributed by atoms with Gasteiger partial charge in [-0.1, -0.05) is 53.4 Å². The topological polar surface area (TPSA) is 74.3 Å². The summed E-state index contributed by atoms with van der Waals surface area (Å²) >= 11 is 0. The van der Waals surface area contributed by atoms with Gasteiger partial charge in [0.2, 0.25) is 0 Å². The molecule has 0 saturated heterocycles. The number of ketones is 1. The van der Waals surface area contributed by atoms with Crippen LogP contribution in [0.15, 0.2) is 0 Å². The first-order valence-corrected chi connectivity index (χ1v) is 12.7. The number of unbranched alkanes of at least 4 members (excludes halogenated alkanes) is 4. The van der Waals surface area contributed by atoms with Crippen LogP contribution >= 0.6 is 0 Å². The Labute approximate surface area is 153 Å². The zero-order valence-electron chi connectivity index (χ0n) is 16.1. The normalized spacial score (nSPS) is 11.2. The van der Waals surface area contributed by atoms with Gasteiger partial charge in [0.15, 0.2) is 11.5 Å². The van der Waals surface area contributed by atoms with Crippen molar-refractivity contribution in [3.05, 3.63) is 0 Å². The second-order valence-corrected chi connectivity index (χ2v) is 9.98. The summed E-state index contributed by atoms with van der Waals surface area (Å²) in [7, 11) is -3.54. The van der Waals surface area contributed by atoms with Crippen LogP contribution in [0.4, 0.5) is 0 Å². The maximum Gasteiger partial charge on any atom is 0.181 e. The lowest BCUT2D eigenvalue weighted by atomic mass is 10.2. The Kier molecular flexibility index (Phi) is 19.3. The average Bonchev–Trinajstić information content (AvgIpc) is 2.53. The van der Waals surface area contributed by atoms with Gasteiger partial charge in [-0.05, 0) is 36.6 Å². The Balaban J connectivity index is 0. The zero-order chi connectivity index (χ0) is 18.8. The smallest absolute Gasteiger partial charge is 0.181 e. The summed E-state index contributed by atoms with van der Waals surface area (Å²) in [6.07, 6.45) is 9.39. The van der Waals surface area contributed by atoms with Crippen molar-refractivity contribution < 1.29 is 17.8 Å². The fraction of sp³-hybridized carbons (Fsp3) is 0.944. The van der Waals surface area contributed by atoms with Gasteiger partial charge < -0.3 is 4.55 Å². The molecule has 0 radical (unpaired) electrons. The highest BCUT2D eigenvalue weighted by Gasteiger charge is 2.20. The molecule has 0 unspecified atom stereocenters. The molecule has 0 aliphatic rings. The summed E-state index contributed by atoms with van der Waals surface area (Å²) < 4.78 is 29.5. The fourth-order valence-electron chi connectivity index (χ4n) is 1.94. The van der Waals surface area contributed by atoms with E-state index < -0.39 is 10.1 Å². The second kappa shape index (κ2) is 17.7. The summed E-state index contributed by atoms with van der Waals surface area (Å²) in [5, 5.41) is 0. The SMILES string of the molecule is CCCCC(=O)C[S+](CCCC)CCCC.CCCCS(=O)(=O)[O-]. The summed E-state index contributed by atoms with van der Waals surface area (Å²) in [4.78, 5) is 11.7. The average molecular weight is 383 g/mol. The maximum atomic E-state index is 11.7. The molecular weight excluding hydrogens is 344 g/mol. The van der Waals surface area contributed by atoms with Crippen molar-refractivity contribution in [1.82, 2.24) is 0 Å². The van der Waals surface area contributed by atoms with Gasteiger partial charge in [-0.25, -0.2) is 8.42 Å². The third-order valence-corrected chi connectivity index (χ3v) is 6.75. The van der Waals surface area contributed by atoms with E-state index in [4.69, 9.17) is 0 Å². The maximum absolute atomic E-state index is 11.7. The molecule has 0 rings (SSSR count). The molecule has 0 aliphatic heterocycles. The lowest BCUT2D eigenvalue weighted by Crippen LogP contribution is -2.22. The number of hydrogen-bond donors (Lipinski definition) is 0. The standard InChI is InChI=1S/C14H29OS.C4H10O3S/c1-4-7-10-14(15)13-16(11-8-5-2)12-9-6-3;1-2-3-4-8(5,6)7/h4-13H2,1-3H3;2-4H2,1H3,(H,5,6,7)/q+1;/p-1. The third-order valence-electron chi connectivity index (χ3n) is 3.50. The van der Waals surface area contributed by atoms with E-state index in [1.165, 1.54) is 37.2 Å². The molecule has 0 bridgehead atoms. The van der Waals surface area contributed by atoms with Crippen molar-refractivity contribution in [3.8, 4) is 0 Å². The van der Waals surface area contributed by atoms with Crippen molar-refractivity contribution in [2.45, 2.75) is 85.5 Å². The van der Waals surface area contributed by atoms with Crippen molar-refractivity contribution in [1.29, 1.82) is 0 Å². The van der Waals surface area contributed by atoms with E-state index in [1.54, 1.807) is 0 Å². The number of carbonyl (C=O) groups is 1. The van der Waals surface area contributed by atoms with Crippen LogP contribution in [0.1, 0.15) is 85.5 Å². The van der Waals surface area contributed by atoms with Gasteiger partial charge in [-0.15, -0.1) is 0 Å². The highest BCUT2D eigenvalue weighted by atomic mass is 32.2. The molecule has 0 amide bonds. The highest BCUT2D eigenvalue weighted by Crippen LogP contribution is 2.08. The first-order chi connectivity index (χ1) is 11.3. The monoisotopic (exact) mass is 382 g/mol. The van der Waals surface area contributed by atoms with Gasteiger partial charge in [0.1, 0.15) is 11.5 Å². The van der Waals surface area contributed by atoms with E-state index in [0.29, 0.717) is 23.1 Å². The van der Waals surface area contributed by atoms with Crippen LogP contribution in [0, 0.1) is 0 Å². The van der Waals surface area contributed by atoms with Gasteiger partial charge >= 0.3 is 0 Å². The minimum atomic E-state index is -3.94. The molecule has 0 aromatic heterocycles. The van der Waals surface area contributed by atoms with E-state index in [9.17, 15) is 17.8 Å². The fourth-order valence-corrected chi connectivity index (χ4v) is 5.07. The summed E-state index contributed by atoms with van der Waals surface area (Å²) in [6, 6.07) is 0. The van der Waals surface area contributed by atoms with E-state index in [2.05, 4.69) is 20.8 Å². The lowest BCUT2D eigenvalue weighted by molar-refractivity contribution is -0.116. The summed E-state index contributed by atoms with van der Waals surface area (Å²) in [5.41, 5.74) is 0. The Hall–Kier alpha value is -0.0700. The molecule has 0 atom stereocenters. The highest BCUT2D eigenvalue weighted by molar-refractivity contribution is 7.97. The summed E-state index contributed by atoms with van der Waals surface area (Å²) in [6.45, 7) is 8.47. The molecule has 0 heterocycles. The van der Waals surface area contributed by atoms with Gasteiger partial charge in [-0.3, -0.25) is 4.79 Å². The Morgan fingerprint density at radius 2 is 1.29 bits per heavy atom. The molecule has 0 aromatic carbocycles. The molecule has 0 aliphatic carbocycles. The van der Waals surface area contributed by atoms with Crippen molar-refractivity contribution in [2.75, 3.05) is 23.0 Å². The molecule has 146 valence electrons. The Morgan fingerprint density at radius 1 is 0.833 bits per heavy atom. The van der Waals surface area contributed by atoms with Crippen LogP contribution in [-0.4, -0.2) is 41.8 Å². The van der Waals surface area contributed by atoms with Crippen LogP contribution in [0.3, 0.4) is 0 Å². The van der Waals surface area contributed by atoms with Gasteiger partial charge in [-0.2, -0.15) is 0 Å². The molecule has 0 spiro atoms. The van der Waals surface area contributed by atoms with Crippen LogP contribution in [0.2, 0.25) is 0 Å². The largest absolute Gasteiger partial charge is 0.748 e. The van der Waals surface area contributed by atoms with Crippen LogP contribution in [0.25, 0.3) is 0 Å². The van der Waals surface area contributed by atoms with E-state index in [0.717, 1.165) is 31.4 Å². The molecule has 0 saturated carbocycles. The first-order valence-electron chi connectivity index (χ1n) is 9.39. The molecule has 0 aromatic rings. The number of Topliss-reactive ketones (excluding diaryl/α,β-unsaturated/α-hetero) is 1. The van der Waals surface area contributed by atoms with Crippen LogP contribution in [0.5, 0.6) is 0 Å². The van der Waals surface area contributed by atoms with Crippen molar-refractivity contribution in [2.24, 2.45) is 0 Å². The van der Waals surface area contributed by atoms with Crippen LogP contribution < -0.4 is 0 Å². The minimum Gasteiger partial charge on any atom is -0.748 e. The molecule has 0 N–H and O–H groups in total. The lowest BCUT2D eigenvalue weighted by Gasteiger charge is -2.07. The number of hydrogen-bond acceptors (Lipinski definition) is 4. The first kappa shape index (κ1) is 26.2. The van der Waals surface area contributed by atoms with Crippen LogP contribution in [-0.2, 0) is 25.8 Å². The second-order valence-electron chi connectivity index (χ2n) is 6.13. The van der Waals surface area contributed by atoms with Crippen molar-refractivity contribution in [3.63, 3.8) is 0 Å². The minimum absolute atomic E-state index is 0.219. The van der Waals surface area contributed by atoms with Gasteiger partial charge in [0.25, 0.3) is 0 Å². The molecule has 0 fully saturated rings. The molecular formula is C18H38O4S2. The molecule has 4 nitrogen and oxygen atoms in total. The van der Waals surface area contributed by atoms with E-state index >= 15 is 0 Å². The number of rotatable bonds is 14. The van der Waals surface area contributed by atoms with E-state index in [-0.39, 0.29) is 5.75 Å². The van der Waals surface area contributed by atoms with Gasteiger partial charge in [0.05, 0.1) is 10.1 Å². The third kappa shape index (κ3) is 21.9. The molecule has 6 heteroatoms. The number of carbonyl (C=O) groups excluding carboxylic acids is 1. The quantitative estimate of drug-likeness (QED) is 0.332. The van der Waals surface area contributed by atoms with E-state index in [1.807, 2.05) is 6.92 Å². The molecule has 24 heavy (non-hydrogen) atoms.